The van der Waals surface area contributed by atoms with Crippen LogP contribution in [0.15, 0.2) is 198 Å². The molecular formula is C46H32N6Na2O10S2. The number of fused-ring (bicyclic) bond motifs is 2. The van der Waals surface area contributed by atoms with Crippen molar-refractivity contribution >= 4 is 147 Å². The third-order valence-electron chi connectivity index (χ3n) is 9.76. The zero-order chi connectivity index (χ0) is 45.2. The van der Waals surface area contributed by atoms with Crippen LogP contribution in [0.2, 0.25) is 0 Å². The molecular weight excluding hydrogens is 907 g/mol. The third kappa shape index (κ3) is 10.8. The van der Waals surface area contributed by atoms with Gasteiger partial charge in [-0.3, -0.25) is 9.11 Å². The third-order valence-corrected chi connectivity index (χ3v) is 11.5. The number of hydrogen-bond donors (Lipinski definition) is 6. The second-order valence-electron chi connectivity index (χ2n) is 13.9. The summed E-state index contributed by atoms with van der Waals surface area (Å²) in [6.45, 7) is 0. The van der Waals surface area contributed by atoms with Gasteiger partial charge in [-0.05, 0) is 71.4 Å². The first-order valence-corrected chi connectivity index (χ1v) is 21.8. The molecule has 0 bridgehead atoms. The zero-order valence-electron chi connectivity index (χ0n) is 34.8. The molecule has 2 radical (unpaired) electrons. The number of aromatic hydroxyl groups is 2. The van der Waals surface area contributed by atoms with E-state index >= 15 is 0 Å². The summed E-state index contributed by atoms with van der Waals surface area (Å²) in [5, 5.41) is 63.0. The average molecular weight is 939 g/mol. The summed E-state index contributed by atoms with van der Waals surface area (Å²) in [5.41, 5.74) is -0.595. The minimum atomic E-state index is -5.13. The van der Waals surface area contributed by atoms with Crippen molar-refractivity contribution in [2.24, 2.45) is 30.4 Å². The number of aliphatic hydroxyl groups excluding tert-OH is 2. The maximum absolute atomic E-state index is 12.9. The number of azo groups is 2. The molecule has 0 saturated heterocycles. The Bertz CT molecular complexity index is 3270. The minimum Gasteiger partial charge on any atom is -0.505 e. The van der Waals surface area contributed by atoms with Gasteiger partial charge in [0, 0.05) is 81.0 Å². The van der Waals surface area contributed by atoms with Gasteiger partial charge in [-0.15, -0.1) is 10.2 Å². The van der Waals surface area contributed by atoms with Gasteiger partial charge in [-0.1, -0.05) is 97.1 Å². The summed E-state index contributed by atoms with van der Waals surface area (Å²) >= 11 is 0. The van der Waals surface area contributed by atoms with E-state index in [1.165, 1.54) is 24.3 Å². The Labute approximate surface area is 421 Å². The molecule has 8 aromatic carbocycles. The average Bonchev–Trinajstić information content (AvgIpc) is 3.28. The number of phenols is 2. The molecule has 0 atom stereocenters. The predicted molar refractivity (Wildman–Crippen MR) is 253 cm³/mol. The molecule has 20 heteroatoms. The number of para-hydroxylation sites is 2. The maximum atomic E-state index is 12.9. The topological polar surface area (TPSA) is 264 Å². The van der Waals surface area contributed by atoms with E-state index in [0.717, 1.165) is 24.3 Å². The van der Waals surface area contributed by atoms with Crippen LogP contribution in [0.3, 0.4) is 0 Å². The molecule has 0 amide bonds. The van der Waals surface area contributed by atoms with E-state index in [0.29, 0.717) is 32.9 Å². The van der Waals surface area contributed by atoms with Crippen LogP contribution in [0.25, 0.3) is 32.7 Å². The molecule has 8 aromatic rings. The van der Waals surface area contributed by atoms with Crippen LogP contribution in [0, 0.1) is 0 Å². The Kier molecular flexibility index (Phi) is 15.4. The molecule has 0 saturated carbocycles. The molecule has 16 nitrogen and oxygen atoms in total. The predicted octanol–water partition coefficient (Wildman–Crippen LogP) is 10.9. The summed E-state index contributed by atoms with van der Waals surface area (Å²) in [6, 6.07) is 40.1. The molecule has 320 valence electrons. The zero-order valence-corrected chi connectivity index (χ0v) is 40.5. The van der Waals surface area contributed by atoms with Crippen LogP contribution in [-0.4, -0.2) is 117 Å². The van der Waals surface area contributed by atoms with Gasteiger partial charge in [0.05, 0.1) is 33.9 Å². The maximum Gasteiger partial charge on any atom is 0.295 e. The van der Waals surface area contributed by atoms with E-state index in [9.17, 15) is 46.4 Å². The van der Waals surface area contributed by atoms with Crippen molar-refractivity contribution in [2.75, 3.05) is 0 Å². The summed E-state index contributed by atoms with van der Waals surface area (Å²) in [7, 11) is -10.3. The van der Waals surface area contributed by atoms with Gasteiger partial charge in [-0.25, -0.2) is 9.98 Å². The van der Waals surface area contributed by atoms with Crippen LogP contribution in [-0.2, 0) is 20.2 Å². The van der Waals surface area contributed by atoms with Crippen LogP contribution in [0.4, 0.5) is 34.1 Å². The second-order valence-corrected chi connectivity index (χ2v) is 16.7. The number of rotatable bonds is 11. The fraction of sp³-hybridized carbons (Fsp3) is 0. The molecule has 6 N–H and O–H groups in total. The first kappa shape index (κ1) is 49.3. The van der Waals surface area contributed by atoms with Gasteiger partial charge < -0.3 is 20.4 Å². The van der Waals surface area contributed by atoms with E-state index in [-0.39, 0.29) is 104 Å². The fourth-order valence-corrected chi connectivity index (χ4v) is 8.23. The number of hydrogen-bond acceptors (Lipinski definition) is 12. The molecule has 8 rings (SSSR count). The van der Waals surface area contributed by atoms with E-state index in [1.807, 2.05) is 0 Å². The van der Waals surface area contributed by atoms with Gasteiger partial charge in [0.1, 0.15) is 21.2 Å². The van der Waals surface area contributed by atoms with Crippen LogP contribution in [0.5, 0.6) is 11.5 Å². The largest absolute Gasteiger partial charge is 0.505 e. The monoisotopic (exact) mass is 938 g/mol. The van der Waals surface area contributed by atoms with Crippen molar-refractivity contribution < 1.29 is 46.4 Å². The minimum absolute atomic E-state index is 0. The first-order valence-electron chi connectivity index (χ1n) is 18.9. The Morgan fingerprint density at radius 1 is 0.409 bits per heavy atom. The summed E-state index contributed by atoms with van der Waals surface area (Å²) in [4.78, 5) is 6.72. The molecule has 66 heavy (non-hydrogen) atoms. The number of aliphatic hydroxyl groups is 2. The summed E-state index contributed by atoms with van der Waals surface area (Å²) < 4.78 is 72.2. The van der Waals surface area contributed by atoms with Gasteiger partial charge in [0.2, 0.25) is 11.8 Å². The molecule has 0 spiro atoms. The Balaban J connectivity index is 0.00000360. The first-order chi connectivity index (χ1) is 30.7. The van der Waals surface area contributed by atoms with E-state index in [1.54, 1.807) is 109 Å². The molecule has 0 fully saturated rings. The Morgan fingerprint density at radius 2 is 0.758 bits per heavy atom. The van der Waals surface area contributed by atoms with Gasteiger partial charge >= 0.3 is 0 Å². The molecule has 0 aliphatic rings. The van der Waals surface area contributed by atoms with Crippen molar-refractivity contribution in [3.63, 3.8) is 0 Å². The van der Waals surface area contributed by atoms with Crippen LogP contribution >= 0.6 is 0 Å². The van der Waals surface area contributed by atoms with Gasteiger partial charge in [0.15, 0.2) is 11.5 Å². The molecule has 0 aromatic heterocycles. The van der Waals surface area contributed by atoms with Crippen molar-refractivity contribution in [1.82, 2.24) is 0 Å². The van der Waals surface area contributed by atoms with E-state index in [2.05, 4.69) is 30.4 Å². The van der Waals surface area contributed by atoms with Crippen molar-refractivity contribution in [3.8, 4) is 22.6 Å². The summed E-state index contributed by atoms with van der Waals surface area (Å²) in [5.74, 6) is -2.02. The number of phenolic OH excluding ortho intramolecular Hbond substituents is 2. The second kappa shape index (κ2) is 20.6. The van der Waals surface area contributed by atoms with E-state index in [4.69, 9.17) is 0 Å². The van der Waals surface area contributed by atoms with Crippen molar-refractivity contribution in [3.05, 3.63) is 169 Å². The van der Waals surface area contributed by atoms with E-state index < -0.39 is 53.3 Å². The quantitative estimate of drug-likeness (QED) is 0.0235. The van der Waals surface area contributed by atoms with Gasteiger partial charge in [0.25, 0.3) is 20.2 Å². The summed E-state index contributed by atoms with van der Waals surface area (Å²) in [6.07, 6.45) is 0. The molecule has 0 unspecified atom stereocenters. The molecule has 0 heterocycles. The van der Waals surface area contributed by atoms with Gasteiger partial charge in [-0.2, -0.15) is 27.1 Å². The standard InChI is InChI=1S/C46H32N6O10S2.2Na/c53-43-37(45(55)47-29-13-3-1-4-14-29)23-27-11-7-9-17-33(27)41(43)51-49-31-19-21-35(39(25-31)63(57,58)59)36-22-20-32(26-40(36)64(60,61)62)50-52-42-34-18-10-8-12-28(34)24-38(44(42)54)46(56)48-30-15-5-2-6-16-30;;/h1-26,53-54H,(H,47,55)(H,48,56)(H,57,58,59)(H,60,61,62);;. The number of benzene rings is 8. The Morgan fingerprint density at radius 3 is 1.12 bits per heavy atom. The Hall–Kier alpha value is -6.16. The SMILES string of the molecule is O=S(=O)(O)c1cc(N=Nc2c(O)c(C(O)=Nc3ccccc3)cc3ccccc23)ccc1-c1ccc(N=Nc2c(O)c(C(O)=Nc3ccccc3)cc3ccccc23)cc1S(=O)(=O)O.[Na].[Na]. The smallest absolute Gasteiger partial charge is 0.295 e. The number of aliphatic imine (C=N–C) groups is 2. The molecule has 0 aliphatic carbocycles. The van der Waals surface area contributed by atoms with Crippen molar-refractivity contribution in [1.29, 1.82) is 0 Å². The van der Waals surface area contributed by atoms with Crippen LogP contribution < -0.4 is 0 Å². The van der Waals surface area contributed by atoms with Crippen LogP contribution in [0.1, 0.15) is 11.1 Å². The fourth-order valence-electron chi connectivity index (χ4n) is 6.78. The van der Waals surface area contributed by atoms with Crippen molar-refractivity contribution in [2.45, 2.75) is 9.79 Å². The number of nitrogens with zero attached hydrogens (tertiary/aromatic N) is 6. The normalized spacial score (nSPS) is 12.4. The molecule has 0 aliphatic heterocycles.